The van der Waals surface area contributed by atoms with Crippen LogP contribution in [0.4, 0.5) is 5.82 Å². The van der Waals surface area contributed by atoms with Crippen molar-refractivity contribution in [1.29, 1.82) is 0 Å². The molecule has 1 atom stereocenters. The van der Waals surface area contributed by atoms with Gasteiger partial charge in [-0.25, -0.2) is 4.98 Å². The monoisotopic (exact) mass is 263 g/mol. The SMILES string of the molecule is COC(=O)C(C)CN(C)c1nccn2c(C)nnc12. The minimum absolute atomic E-state index is 0.235. The average Bonchev–Trinajstić information content (AvgIpc) is 2.79. The van der Waals surface area contributed by atoms with E-state index in [0.717, 1.165) is 5.82 Å². The van der Waals surface area contributed by atoms with Crippen LogP contribution in [0.3, 0.4) is 0 Å². The molecule has 2 aromatic heterocycles. The van der Waals surface area contributed by atoms with Gasteiger partial charge in [0.05, 0.1) is 13.0 Å². The Labute approximate surface area is 111 Å². The number of anilines is 1. The lowest BCUT2D eigenvalue weighted by Gasteiger charge is -2.21. The molecular formula is C12H17N5O2. The van der Waals surface area contributed by atoms with E-state index in [1.165, 1.54) is 7.11 Å². The van der Waals surface area contributed by atoms with Crippen molar-refractivity contribution in [3.05, 3.63) is 18.2 Å². The number of nitrogens with zero attached hydrogens (tertiary/aromatic N) is 5. The van der Waals surface area contributed by atoms with E-state index < -0.39 is 0 Å². The molecule has 0 saturated heterocycles. The van der Waals surface area contributed by atoms with E-state index >= 15 is 0 Å². The van der Waals surface area contributed by atoms with Crippen LogP contribution in [0.2, 0.25) is 0 Å². The first-order valence-corrected chi connectivity index (χ1v) is 6.00. The molecular weight excluding hydrogens is 246 g/mol. The minimum atomic E-state index is -0.239. The van der Waals surface area contributed by atoms with Crippen LogP contribution in [0, 0.1) is 12.8 Å². The number of carbonyl (C=O) groups excluding carboxylic acids is 1. The minimum Gasteiger partial charge on any atom is -0.469 e. The van der Waals surface area contributed by atoms with Crippen LogP contribution in [0.15, 0.2) is 12.4 Å². The number of methoxy groups -OCH3 is 1. The maximum Gasteiger partial charge on any atom is 0.310 e. The predicted molar refractivity (Wildman–Crippen MR) is 70.0 cm³/mol. The largest absolute Gasteiger partial charge is 0.469 e. The molecule has 7 nitrogen and oxygen atoms in total. The summed E-state index contributed by atoms with van der Waals surface area (Å²) in [6, 6.07) is 0. The molecule has 7 heteroatoms. The summed E-state index contributed by atoms with van der Waals surface area (Å²) in [6.07, 6.45) is 3.50. The van der Waals surface area contributed by atoms with Crippen LogP contribution in [-0.2, 0) is 9.53 Å². The highest BCUT2D eigenvalue weighted by Gasteiger charge is 2.18. The molecule has 0 N–H and O–H groups in total. The van der Waals surface area contributed by atoms with Crippen LogP contribution in [0.1, 0.15) is 12.7 Å². The van der Waals surface area contributed by atoms with E-state index in [0.29, 0.717) is 18.0 Å². The zero-order valence-corrected chi connectivity index (χ0v) is 11.5. The number of carbonyl (C=O) groups is 1. The molecule has 0 fully saturated rings. The molecule has 2 heterocycles. The standard InChI is InChI=1S/C12H17N5O2/c1-8(12(18)19-4)7-16(3)10-11-15-14-9(2)17(11)6-5-13-10/h5-6,8H,7H2,1-4H3. The molecule has 0 radical (unpaired) electrons. The van der Waals surface area contributed by atoms with Crippen LogP contribution >= 0.6 is 0 Å². The first kappa shape index (κ1) is 13.3. The highest BCUT2D eigenvalue weighted by atomic mass is 16.5. The third-order valence-corrected chi connectivity index (χ3v) is 2.99. The van der Waals surface area contributed by atoms with Gasteiger partial charge in [-0.1, -0.05) is 6.92 Å². The highest BCUT2D eigenvalue weighted by molar-refractivity contribution is 5.73. The fourth-order valence-corrected chi connectivity index (χ4v) is 1.97. The third-order valence-electron chi connectivity index (χ3n) is 2.99. The number of hydrogen-bond acceptors (Lipinski definition) is 6. The van der Waals surface area contributed by atoms with Gasteiger partial charge < -0.3 is 9.64 Å². The summed E-state index contributed by atoms with van der Waals surface area (Å²) in [5.74, 6) is 1.02. The molecule has 0 aliphatic carbocycles. The summed E-state index contributed by atoms with van der Waals surface area (Å²) in [5.41, 5.74) is 0.680. The van der Waals surface area contributed by atoms with Crippen LogP contribution in [-0.4, -0.2) is 46.3 Å². The summed E-state index contributed by atoms with van der Waals surface area (Å²) in [5, 5.41) is 8.13. The molecule has 2 rings (SSSR count). The Morgan fingerprint density at radius 2 is 2.26 bits per heavy atom. The lowest BCUT2D eigenvalue weighted by atomic mass is 10.2. The first-order chi connectivity index (χ1) is 9.04. The fraction of sp³-hybridized carbons (Fsp3) is 0.500. The molecule has 0 aromatic carbocycles. The van der Waals surface area contributed by atoms with Gasteiger partial charge in [0.25, 0.3) is 0 Å². The number of ether oxygens (including phenoxy) is 1. The van der Waals surface area contributed by atoms with Gasteiger partial charge in [0.15, 0.2) is 5.82 Å². The summed E-state index contributed by atoms with van der Waals surface area (Å²) in [6.45, 7) is 4.20. The normalized spacial score (nSPS) is 12.4. The maximum absolute atomic E-state index is 11.4. The number of esters is 1. The van der Waals surface area contributed by atoms with Crippen LogP contribution in [0.25, 0.3) is 5.65 Å². The van der Waals surface area contributed by atoms with Gasteiger partial charge in [-0.15, -0.1) is 10.2 Å². The van der Waals surface area contributed by atoms with Crippen LogP contribution < -0.4 is 4.90 Å². The van der Waals surface area contributed by atoms with Crippen molar-refractivity contribution in [1.82, 2.24) is 19.6 Å². The van der Waals surface area contributed by atoms with Gasteiger partial charge in [-0.2, -0.15) is 0 Å². The number of fused-ring (bicyclic) bond motifs is 1. The molecule has 19 heavy (non-hydrogen) atoms. The Balaban J connectivity index is 2.26. The molecule has 0 aliphatic rings. The molecule has 0 saturated carbocycles. The Hall–Kier alpha value is -2.18. The van der Waals surface area contributed by atoms with E-state index in [2.05, 4.69) is 15.2 Å². The van der Waals surface area contributed by atoms with Gasteiger partial charge in [-0.3, -0.25) is 9.20 Å². The second-order valence-corrected chi connectivity index (χ2v) is 4.50. The molecule has 0 bridgehead atoms. The number of aromatic nitrogens is 4. The number of aryl methyl sites for hydroxylation is 1. The smallest absolute Gasteiger partial charge is 0.310 e. The maximum atomic E-state index is 11.4. The van der Waals surface area contributed by atoms with E-state index in [4.69, 9.17) is 4.74 Å². The van der Waals surface area contributed by atoms with Gasteiger partial charge >= 0.3 is 5.97 Å². The van der Waals surface area contributed by atoms with Gasteiger partial charge in [0.1, 0.15) is 5.82 Å². The van der Waals surface area contributed by atoms with Gasteiger partial charge in [0.2, 0.25) is 5.65 Å². The van der Waals surface area contributed by atoms with E-state index in [1.54, 1.807) is 6.20 Å². The van der Waals surface area contributed by atoms with Crippen molar-refractivity contribution >= 4 is 17.4 Å². The van der Waals surface area contributed by atoms with Crippen molar-refractivity contribution in [3.8, 4) is 0 Å². The van der Waals surface area contributed by atoms with E-state index in [9.17, 15) is 4.79 Å². The van der Waals surface area contributed by atoms with Crippen molar-refractivity contribution < 1.29 is 9.53 Å². The number of rotatable bonds is 4. The van der Waals surface area contributed by atoms with E-state index in [1.807, 2.05) is 36.4 Å². The number of hydrogen-bond donors (Lipinski definition) is 0. The lowest BCUT2D eigenvalue weighted by Crippen LogP contribution is -2.30. The summed E-state index contributed by atoms with van der Waals surface area (Å²) in [4.78, 5) is 17.6. The molecule has 102 valence electrons. The van der Waals surface area contributed by atoms with Crippen molar-refractivity contribution in [2.45, 2.75) is 13.8 Å². The van der Waals surface area contributed by atoms with Crippen molar-refractivity contribution in [3.63, 3.8) is 0 Å². The quantitative estimate of drug-likeness (QED) is 0.755. The lowest BCUT2D eigenvalue weighted by molar-refractivity contribution is -0.144. The second kappa shape index (κ2) is 5.21. The van der Waals surface area contributed by atoms with Crippen molar-refractivity contribution in [2.75, 3.05) is 25.6 Å². The summed E-state index contributed by atoms with van der Waals surface area (Å²) >= 11 is 0. The first-order valence-electron chi connectivity index (χ1n) is 6.00. The van der Waals surface area contributed by atoms with E-state index in [-0.39, 0.29) is 11.9 Å². The highest BCUT2D eigenvalue weighted by Crippen LogP contribution is 2.17. The Kier molecular flexibility index (Phi) is 3.64. The zero-order valence-electron chi connectivity index (χ0n) is 11.5. The molecule has 2 aromatic rings. The van der Waals surface area contributed by atoms with Crippen LogP contribution in [0.5, 0.6) is 0 Å². The average molecular weight is 263 g/mol. The zero-order chi connectivity index (χ0) is 14.0. The Morgan fingerprint density at radius 1 is 1.53 bits per heavy atom. The topological polar surface area (TPSA) is 72.6 Å². The summed E-state index contributed by atoms with van der Waals surface area (Å²) < 4.78 is 6.58. The van der Waals surface area contributed by atoms with Gasteiger partial charge in [0, 0.05) is 26.0 Å². The second-order valence-electron chi connectivity index (χ2n) is 4.50. The predicted octanol–water partition coefficient (Wildman–Crippen LogP) is 0.678. The Morgan fingerprint density at radius 3 is 2.95 bits per heavy atom. The summed E-state index contributed by atoms with van der Waals surface area (Å²) in [7, 11) is 3.26. The van der Waals surface area contributed by atoms with Crippen molar-refractivity contribution in [2.24, 2.45) is 5.92 Å². The molecule has 1 unspecified atom stereocenters. The fourth-order valence-electron chi connectivity index (χ4n) is 1.97. The third kappa shape index (κ3) is 2.49. The van der Waals surface area contributed by atoms with Gasteiger partial charge in [-0.05, 0) is 6.92 Å². The molecule has 0 spiro atoms. The molecule has 0 amide bonds. The molecule has 0 aliphatic heterocycles. The Bertz CT molecular complexity index is 595.